The number of imide groups is 1. The van der Waals surface area contributed by atoms with E-state index in [4.69, 9.17) is 0 Å². The maximum absolute atomic E-state index is 12.8. The fraction of sp³-hybridized carbons (Fsp3) is 0.360. The summed E-state index contributed by atoms with van der Waals surface area (Å²) < 4.78 is 0. The number of aryl methyl sites for hydroxylation is 1. The van der Waals surface area contributed by atoms with Gasteiger partial charge in [-0.05, 0) is 43.9 Å². The highest BCUT2D eigenvalue weighted by molar-refractivity contribution is 6.22. The number of carbonyl (C=O) groups is 4. The second-order valence-corrected chi connectivity index (χ2v) is 8.35. The molecule has 0 bridgehead atoms. The molecule has 1 saturated heterocycles. The Bertz CT molecular complexity index is 993. The molecule has 7 nitrogen and oxygen atoms in total. The molecule has 0 aliphatic carbocycles. The number of nitrogens with zero attached hydrogens (tertiary/aromatic N) is 2. The smallest absolute Gasteiger partial charge is 0.262 e. The molecule has 2 aliphatic rings. The van der Waals surface area contributed by atoms with Crippen molar-refractivity contribution >= 4 is 23.6 Å². The molecule has 0 saturated carbocycles. The lowest BCUT2D eigenvalue weighted by molar-refractivity contribution is -0.132. The van der Waals surface area contributed by atoms with Gasteiger partial charge in [0.15, 0.2) is 0 Å². The van der Waals surface area contributed by atoms with Crippen molar-refractivity contribution in [3.8, 4) is 0 Å². The largest absolute Gasteiger partial charge is 0.351 e. The topological polar surface area (TPSA) is 86.8 Å². The Morgan fingerprint density at radius 3 is 2.09 bits per heavy atom. The molecule has 2 aliphatic heterocycles. The second-order valence-electron chi connectivity index (χ2n) is 8.35. The van der Waals surface area contributed by atoms with Crippen molar-refractivity contribution in [1.29, 1.82) is 0 Å². The molecule has 32 heavy (non-hydrogen) atoms. The molecule has 2 aromatic carbocycles. The van der Waals surface area contributed by atoms with Crippen LogP contribution in [0, 0.1) is 0 Å². The van der Waals surface area contributed by atoms with Gasteiger partial charge in [-0.15, -0.1) is 0 Å². The van der Waals surface area contributed by atoms with Gasteiger partial charge < -0.3 is 10.2 Å². The Labute approximate surface area is 187 Å². The monoisotopic (exact) mass is 433 g/mol. The maximum Gasteiger partial charge on any atom is 0.262 e. The van der Waals surface area contributed by atoms with Crippen molar-refractivity contribution in [2.45, 2.75) is 44.7 Å². The lowest BCUT2D eigenvalue weighted by Crippen LogP contribution is -2.53. The van der Waals surface area contributed by atoms with E-state index in [2.05, 4.69) is 5.32 Å². The molecule has 4 rings (SSSR count). The van der Waals surface area contributed by atoms with Crippen LogP contribution in [0.25, 0.3) is 0 Å². The molecule has 1 atom stereocenters. The molecule has 1 unspecified atom stereocenters. The minimum atomic E-state index is -0.895. The maximum atomic E-state index is 12.8. The molecule has 166 valence electrons. The molecular formula is C25H27N3O4. The van der Waals surface area contributed by atoms with E-state index in [9.17, 15) is 19.2 Å². The third kappa shape index (κ3) is 4.42. The van der Waals surface area contributed by atoms with Crippen LogP contribution in [0.5, 0.6) is 0 Å². The minimum absolute atomic E-state index is 0.0849. The van der Waals surface area contributed by atoms with Crippen LogP contribution in [0.4, 0.5) is 0 Å². The van der Waals surface area contributed by atoms with Gasteiger partial charge in [0, 0.05) is 25.6 Å². The van der Waals surface area contributed by atoms with Gasteiger partial charge >= 0.3 is 0 Å². The molecule has 0 radical (unpaired) electrons. The first kappa shape index (κ1) is 21.7. The van der Waals surface area contributed by atoms with E-state index in [-0.39, 0.29) is 17.9 Å². The summed E-state index contributed by atoms with van der Waals surface area (Å²) in [5.41, 5.74) is 1.81. The van der Waals surface area contributed by atoms with Gasteiger partial charge in [-0.1, -0.05) is 42.5 Å². The van der Waals surface area contributed by atoms with Crippen LogP contribution in [-0.4, -0.2) is 58.6 Å². The molecule has 7 heteroatoms. The SMILES string of the molecule is CC(C(=O)NC1CCN(C(=O)CCc2ccccc2)CC1)N1C(=O)c2ccccc2C1=O. The van der Waals surface area contributed by atoms with E-state index in [1.54, 1.807) is 31.2 Å². The number of piperidine rings is 1. The Hall–Kier alpha value is -3.48. The van der Waals surface area contributed by atoms with Gasteiger partial charge in [0.1, 0.15) is 6.04 Å². The van der Waals surface area contributed by atoms with Gasteiger partial charge in [0.25, 0.3) is 11.8 Å². The zero-order chi connectivity index (χ0) is 22.7. The summed E-state index contributed by atoms with van der Waals surface area (Å²) in [6, 6.07) is 15.6. The number of hydrogen-bond acceptors (Lipinski definition) is 4. The Morgan fingerprint density at radius 1 is 0.938 bits per heavy atom. The van der Waals surface area contributed by atoms with Gasteiger partial charge in [-0.3, -0.25) is 24.1 Å². The van der Waals surface area contributed by atoms with E-state index in [0.717, 1.165) is 10.5 Å². The van der Waals surface area contributed by atoms with E-state index in [0.29, 0.717) is 49.9 Å². The summed E-state index contributed by atoms with van der Waals surface area (Å²) in [7, 11) is 0. The lowest BCUT2D eigenvalue weighted by atomic mass is 10.0. The van der Waals surface area contributed by atoms with E-state index in [1.165, 1.54) is 0 Å². The number of amides is 4. The predicted octanol–water partition coefficient (Wildman–Crippen LogP) is 2.41. The van der Waals surface area contributed by atoms with Crippen molar-refractivity contribution in [3.63, 3.8) is 0 Å². The quantitative estimate of drug-likeness (QED) is 0.709. The molecule has 2 aromatic rings. The molecule has 0 aromatic heterocycles. The normalized spacial score (nSPS) is 17.3. The molecule has 1 N–H and O–H groups in total. The van der Waals surface area contributed by atoms with Gasteiger partial charge in [-0.25, -0.2) is 0 Å². The number of carbonyl (C=O) groups excluding carboxylic acids is 4. The average molecular weight is 434 g/mol. The van der Waals surface area contributed by atoms with E-state index >= 15 is 0 Å². The summed E-state index contributed by atoms with van der Waals surface area (Å²) in [6.07, 6.45) is 2.49. The molecule has 2 heterocycles. The lowest BCUT2D eigenvalue weighted by Gasteiger charge is -2.33. The van der Waals surface area contributed by atoms with E-state index in [1.807, 2.05) is 35.2 Å². The number of rotatable bonds is 6. The fourth-order valence-corrected chi connectivity index (χ4v) is 4.33. The minimum Gasteiger partial charge on any atom is -0.351 e. The van der Waals surface area contributed by atoms with Crippen LogP contribution in [0.3, 0.4) is 0 Å². The summed E-state index contributed by atoms with van der Waals surface area (Å²) in [4.78, 5) is 53.4. The zero-order valence-corrected chi connectivity index (χ0v) is 18.1. The number of benzene rings is 2. The van der Waals surface area contributed by atoms with Crippen molar-refractivity contribution in [1.82, 2.24) is 15.1 Å². The van der Waals surface area contributed by atoms with Crippen LogP contribution >= 0.6 is 0 Å². The first-order chi connectivity index (χ1) is 15.5. The third-order valence-electron chi connectivity index (χ3n) is 6.26. The number of fused-ring (bicyclic) bond motifs is 1. The predicted molar refractivity (Wildman–Crippen MR) is 119 cm³/mol. The van der Waals surface area contributed by atoms with Crippen molar-refractivity contribution in [2.75, 3.05) is 13.1 Å². The van der Waals surface area contributed by atoms with Crippen molar-refractivity contribution < 1.29 is 19.2 Å². The fourth-order valence-electron chi connectivity index (χ4n) is 4.33. The van der Waals surface area contributed by atoms with Crippen LogP contribution in [0.1, 0.15) is 52.5 Å². The molecular weight excluding hydrogens is 406 g/mol. The van der Waals surface area contributed by atoms with Crippen molar-refractivity contribution in [3.05, 3.63) is 71.3 Å². The molecule has 4 amide bonds. The summed E-state index contributed by atoms with van der Waals surface area (Å²) in [6.45, 7) is 2.74. The Balaban J connectivity index is 1.26. The molecule has 0 spiro atoms. The summed E-state index contributed by atoms with van der Waals surface area (Å²) >= 11 is 0. The van der Waals surface area contributed by atoms with Gasteiger partial charge in [0.05, 0.1) is 11.1 Å². The standard InChI is InChI=1S/C25H27N3O4/c1-17(28-24(31)20-9-5-6-10-21(20)25(28)32)23(30)26-19-13-15-27(16-14-19)22(29)12-11-18-7-3-2-4-8-18/h2-10,17,19H,11-16H2,1H3,(H,26,30). The Morgan fingerprint density at radius 2 is 1.50 bits per heavy atom. The number of hydrogen-bond donors (Lipinski definition) is 1. The second kappa shape index (κ2) is 9.34. The van der Waals surface area contributed by atoms with Gasteiger partial charge in [-0.2, -0.15) is 0 Å². The third-order valence-corrected chi connectivity index (χ3v) is 6.26. The average Bonchev–Trinajstić information content (AvgIpc) is 3.08. The highest BCUT2D eigenvalue weighted by Crippen LogP contribution is 2.24. The summed E-state index contributed by atoms with van der Waals surface area (Å²) in [5, 5.41) is 2.96. The highest BCUT2D eigenvalue weighted by atomic mass is 16.2. The van der Waals surface area contributed by atoms with Gasteiger partial charge in [0.2, 0.25) is 11.8 Å². The summed E-state index contributed by atoms with van der Waals surface area (Å²) in [5.74, 6) is -1.11. The molecule has 1 fully saturated rings. The van der Waals surface area contributed by atoms with Crippen molar-refractivity contribution in [2.24, 2.45) is 0 Å². The number of nitrogens with one attached hydrogen (secondary N) is 1. The van der Waals surface area contributed by atoms with Crippen LogP contribution < -0.4 is 5.32 Å². The van der Waals surface area contributed by atoms with Crippen LogP contribution in [-0.2, 0) is 16.0 Å². The van der Waals surface area contributed by atoms with E-state index < -0.39 is 17.9 Å². The highest BCUT2D eigenvalue weighted by Gasteiger charge is 2.41. The van der Waals surface area contributed by atoms with Crippen LogP contribution in [0.15, 0.2) is 54.6 Å². The Kier molecular flexibility index (Phi) is 6.35. The number of likely N-dealkylation sites (tertiary alicyclic amines) is 1. The first-order valence-corrected chi connectivity index (χ1v) is 11.0. The van der Waals surface area contributed by atoms with Crippen LogP contribution in [0.2, 0.25) is 0 Å². The first-order valence-electron chi connectivity index (χ1n) is 11.0. The zero-order valence-electron chi connectivity index (χ0n) is 18.1.